The van der Waals surface area contributed by atoms with Crippen LogP contribution in [0.1, 0.15) is 39.3 Å². The molecule has 0 aliphatic carbocycles. The Morgan fingerprint density at radius 2 is 1.50 bits per heavy atom. The smallest absolute Gasteiger partial charge is 0.0366 e. The van der Waals surface area contributed by atoms with Crippen molar-refractivity contribution in [3.05, 3.63) is 29.8 Å². The first-order valence-electron chi connectivity index (χ1n) is 6.02. The lowest BCUT2D eigenvalue weighted by Gasteiger charge is -2.30. The molecule has 0 fully saturated rings. The van der Waals surface area contributed by atoms with Gasteiger partial charge in [-0.3, -0.25) is 0 Å². The van der Waals surface area contributed by atoms with E-state index in [0.717, 1.165) is 0 Å². The van der Waals surface area contributed by atoms with Gasteiger partial charge < -0.3 is 10.6 Å². The normalized spacial score (nSPS) is 14.9. The highest BCUT2D eigenvalue weighted by atomic mass is 15.1. The van der Waals surface area contributed by atoms with Gasteiger partial charge >= 0.3 is 0 Å². The molecule has 0 saturated carbocycles. The molecule has 0 spiro atoms. The minimum Gasteiger partial charge on any atom is -0.372 e. The highest BCUT2D eigenvalue weighted by Crippen LogP contribution is 2.21. The molecule has 0 saturated heterocycles. The number of benzene rings is 1. The van der Waals surface area contributed by atoms with Crippen molar-refractivity contribution in [2.45, 2.75) is 39.8 Å². The Bertz CT molecular complexity index is 314. The third-order valence-electron chi connectivity index (χ3n) is 3.40. The Labute approximate surface area is 99.5 Å². The first-order valence-corrected chi connectivity index (χ1v) is 6.02. The predicted octanol–water partition coefficient (Wildman–Crippen LogP) is 3.19. The molecular weight excluding hydrogens is 196 g/mol. The van der Waals surface area contributed by atoms with Crippen molar-refractivity contribution in [3.63, 3.8) is 0 Å². The molecule has 0 bridgehead atoms. The van der Waals surface area contributed by atoms with Gasteiger partial charge in [-0.1, -0.05) is 26.0 Å². The van der Waals surface area contributed by atoms with Crippen LogP contribution in [-0.4, -0.2) is 13.1 Å². The number of nitrogens with two attached hydrogens (primary N) is 1. The predicted molar refractivity (Wildman–Crippen MR) is 71.7 cm³/mol. The largest absolute Gasteiger partial charge is 0.372 e. The Morgan fingerprint density at radius 3 is 1.88 bits per heavy atom. The van der Waals surface area contributed by atoms with Crippen molar-refractivity contribution >= 4 is 5.69 Å². The highest BCUT2D eigenvalue weighted by molar-refractivity contribution is 5.48. The standard InChI is InChI=1S/C14H24N2/c1-10(2)12(4)16(5)14-8-6-13(7-9-14)11(3)15/h6-12H,15H2,1-5H3/t11-,12?/m0/s1. The monoisotopic (exact) mass is 220 g/mol. The second-order valence-corrected chi connectivity index (χ2v) is 4.98. The molecule has 0 radical (unpaired) electrons. The van der Waals surface area contributed by atoms with Crippen LogP contribution < -0.4 is 10.6 Å². The quantitative estimate of drug-likeness (QED) is 0.844. The summed E-state index contributed by atoms with van der Waals surface area (Å²) in [6.07, 6.45) is 0. The molecule has 1 aromatic rings. The highest BCUT2D eigenvalue weighted by Gasteiger charge is 2.13. The van der Waals surface area contributed by atoms with Gasteiger partial charge in [0.25, 0.3) is 0 Å². The van der Waals surface area contributed by atoms with E-state index in [1.807, 2.05) is 6.92 Å². The van der Waals surface area contributed by atoms with E-state index < -0.39 is 0 Å². The molecule has 1 aromatic carbocycles. The zero-order chi connectivity index (χ0) is 12.3. The molecule has 0 amide bonds. The molecule has 16 heavy (non-hydrogen) atoms. The summed E-state index contributed by atoms with van der Waals surface area (Å²) in [6.45, 7) is 8.76. The second-order valence-electron chi connectivity index (χ2n) is 4.98. The molecule has 2 nitrogen and oxygen atoms in total. The summed E-state index contributed by atoms with van der Waals surface area (Å²) >= 11 is 0. The molecule has 1 rings (SSSR count). The van der Waals surface area contributed by atoms with Gasteiger partial charge in [-0.2, -0.15) is 0 Å². The number of rotatable bonds is 4. The molecule has 0 aliphatic heterocycles. The third kappa shape index (κ3) is 2.99. The van der Waals surface area contributed by atoms with Crippen molar-refractivity contribution in [2.75, 3.05) is 11.9 Å². The lowest BCUT2D eigenvalue weighted by molar-refractivity contribution is 0.505. The van der Waals surface area contributed by atoms with Gasteiger partial charge in [0.15, 0.2) is 0 Å². The summed E-state index contributed by atoms with van der Waals surface area (Å²) in [6, 6.07) is 9.19. The van der Waals surface area contributed by atoms with E-state index in [4.69, 9.17) is 5.73 Å². The average Bonchev–Trinajstić information content (AvgIpc) is 2.27. The fraction of sp³-hybridized carbons (Fsp3) is 0.571. The SMILES string of the molecule is CC(C)C(C)N(C)c1ccc([C@H](C)N)cc1. The van der Waals surface area contributed by atoms with Crippen LogP contribution in [0, 0.1) is 5.92 Å². The molecule has 0 heterocycles. The number of hydrogen-bond donors (Lipinski definition) is 1. The maximum atomic E-state index is 5.83. The minimum absolute atomic E-state index is 0.113. The summed E-state index contributed by atoms with van der Waals surface area (Å²) in [4.78, 5) is 2.32. The molecule has 1 unspecified atom stereocenters. The zero-order valence-corrected chi connectivity index (χ0v) is 11.1. The Balaban J connectivity index is 2.81. The van der Waals surface area contributed by atoms with E-state index in [1.54, 1.807) is 0 Å². The average molecular weight is 220 g/mol. The van der Waals surface area contributed by atoms with E-state index >= 15 is 0 Å². The van der Waals surface area contributed by atoms with Crippen LogP contribution in [0.5, 0.6) is 0 Å². The first-order chi connectivity index (χ1) is 7.43. The Kier molecular flexibility index (Phi) is 4.36. The summed E-state index contributed by atoms with van der Waals surface area (Å²) in [5.74, 6) is 0.651. The molecular formula is C14H24N2. The lowest BCUT2D eigenvalue weighted by Crippen LogP contribution is -2.33. The van der Waals surface area contributed by atoms with Crippen LogP contribution in [-0.2, 0) is 0 Å². The molecule has 0 aliphatic rings. The van der Waals surface area contributed by atoms with Gasteiger partial charge in [0.05, 0.1) is 0 Å². The van der Waals surface area contributed by atoms with Crippen LogP contribution in [0.2, 0.25) is 0 Å². The van der Waals surface area contributed by atoms with Crippen LogP contribution in [0.4, 0.5) is 5.69 Å². The van der Waals surface area contributed by atoms with Crippen molar-refractivity contribution in [1.82, 2.24) is 0 Å². The summed E-state index contributed by atoms with van der Waals surface area (Å²) in [5, 5.41) is 0. The van der Waals surface area contributed by atoms with E-state index in [9.17, 15) is 0 Å². The Morgan fingerprint density at radius 1 is 1.00 bits per heavy atom. The van der Waals surface area contributed by atoms with E-state index in [-0.39, 0.29) is 6.04 Å². The van der Waals surface area contributed by atoms with Crippen LogP contribution in [0.25, 0.3) is 0 Å². The molecule has 2 atom stereocenters. The molecule has 90 valence electrons. The number of hydrogen-bond acceptors (Lipinski definition) is 2. The van der Waals surface area contributed by atoms with Crippen LogP contribution >= 0.6 is 0 Å². The van der Waals surface area contributed by atoms with Gasteiger partial charge in [-0.25, -0.2) is 0 Å². The number of nitrogens with zero attached hydrogens (tertiary/aromatic N) is 1. The van der Waals surface area contributed by atoms with E-state index in [2.05, 4.69) is 57.0 Å². The molecule has 2 N–H and O–H groups in total. The lowest BCUT2D eigenvalue weighted by atomic mass is 10.0. The Hall–Kier alpha value is -1.02. The third-order valence-corrected chi connectivity index (χ3v) is 3.40. The van der Waals surface area contributed by atoms with Gasteiger partial charge in [-0.05, 0) is 37.5 Å². The van der Waals surface area contributed by atoms with Gasteiger partial charge in [0, 0.05) is 24.8 Å². The topological polar surface area (TPSA) is 29.3 Å². The van der Waals surface area contributed by atoms with Gasteiger partial charge in [0.2, 0.25) is 0 Å². The van der Waals surface area contributed by atoms with Crippen LogP contribution in [0.15, 0.2) is 24.3 Å². The van der Waals surface area contributed by atoms with Crippen molar-refractivity contribution in [3.8, 4) is 0 Å². The second kappa shape index (κ2) is 5.35. The van der Waals surface area contributed by atoms with Crippen molar-refractivity contribution in [1.29, 1.82) is 0 Å². The van der Waals surface area contributed by atoms with Crippen LogP contribution in [0.3, 0.4) is 0 Å². The van der Waals surface area contributed by atoms with Crippen molar-refractivity contribution in [2.24, 2.45) is 11.7 Å². The van der Waals surface area contributed by atoms with E-state index in [1.165, 1.54) is 11.3 Å². The van der Waals surface area contributed by atoms with Crippen molar-refractivity contribution < 1.29 is 0 Å². The van der Waals surface area contributed by atoms with Gasteiger partial charge in [0.1, 0.15) is 0 Å². The van der Waals surface area contributed by atoms with Gasteiger partial charge in [-0.15, -0.1) is 0 Å². The van der Waals surface area contributed by atoms with E-state index in [0.29, 0.717) is 12.0 Å². The summed E-state index contributed by atoms with van der Waals surface area (Å²) in [7, 11) is 2.14. The first kappa shape index (κ1) is 13.0. The fourth-order valence-corrected chi connectivity index (χ4v) is 1.70. The minimum atomic E-state index is 0.113. The molecule has 2 heteroatoms. The maximum Gasteiger partial charge on any atom is 0.0366 e. The zero-order valence-electron chi connectivity index (χ0n) is 11.1. The summed E-state index contributed by atoms with van der Waals surface area (Å²) in [5.41, 5.74) is 8.28. The molecule has 0 aromatic heterocycles. The maximum absolute atomic E-state index is 5.83. The summed E-state index contributed by atoms with van der Waals surface area (Å²) < 4.78 is 0. The number of anilines is 1. The fourth-order valence-electron chi connectivity index (χ4n) is 1.70.